The van der Waals surface area contributed by atoms with Crippen molar-refractivity contribution in [1.29, 1.82) is 0 Å². The second kappa shape index (κ2) is 9.18. The molecule has 1 saturated heterocycles. The van der Waals surface area contributed by atoms with E-state index in [-0.39, 0.29) is 0 Å². The Bertz CT molecular complexity index is 550. The van der Waals surface area contributed by atoms with Crippen molar-refractivity contribution in [3.8, 4) is 0 Å². The number of likely N-dealkylation sites (tertiary alicyclic amines) is 1. The zero-order valence-electron chi connectivity index (χ0n) is 15.5. The fourth-order valence-corrected chi connectivity index (χ4v) is 3.74. The minimum Gasteiger partial charge on any atom is -0.357 e. The molecule has 2 heterocycles. The van der Waals surface area contributed by atoms with Crippen LogP contribution in [0, 0.1) is 13.8 Å². The van der Waals surface area contributed by atoms with Gasteiger partial charge in [-0.3, -0.25) is 4.90 Å². The van der Waals surface area contributed by atoms with Crippen molar-refractivity contribution in [3.05, 3.63) is 27.7 Å². The Balaban J connectivity index is 1.86. The number of aromatic nitrogens is 1. The summed E-state index contributed by atoms with van der Waals surface area (Å²) >= 11 is 1.74. The Hall–Kier alpha value is -1.40. The van der Waals surface area contributed by atoms with Gasteiger partial charge in [0, 0.05) is 37.1 Å². The number of thiazole rings is 1. The van der Waals surface area contributed by atoms with Gasteiger partial charge in [0.1, 0.15) is 5.01 Å². The van der Waals surface area contributed by atoms with Gasteiger partial charge in [-0.2, -0.15) is 0 Å². The van der Waals surface area contributed by atoms with Crippen molar-refractivity contribution in [2.24, 2.45) is 4.99 Å². The normalized spacial score (nSPS) is 17.1. The molecule has 1 aliphatic rings. The highest BCUT2D eigenvalue weighted by Gasteiger charge is 2.19. The summed E-state index contributed by atoms with van der Waals surface area (Å²) in [6.07, 6.45) is 2.29. The summed E-state index contributed by atoms with van der Waals surface area (Å²) in [6.45, 7) is 17.2. The summed E-state index contributed by atoms with van der Waals surface area (Å²) in [4.78, 5) is 13.0. The Morgan fingerprint density at radius 2 is 2.08 bits per heavy atom. The van der Waals surface area contributed by atoms with Gasteiger partial charge in [-0.25, -0.2) is 9.98 Å². The monoisotopic (exact) mass is 349 g/mol. The van der Waals surface area contributed by atoms with Gasteiger partial charge in [0.25, 0.3) is 0 Å². The molecule has 24 heavy (non-hydrogen) atoms. The van der Waals surface area contributed by atoms with Crippen LogP contribution >= 0.6 is 11.3 Å². The van der Waals surface area contributed by atoms with Crippen LogP contribution in [-0.4, -0.2) is 48.1 Å². The molecule has 0 bridgehead atoms. The maximum Gasteiger partial charge on any atom is 0.191 e. The van der Waals surface area contributed by atoms with Gasteiger partial charge in [-0.1, -0.05) is 12.2 Å². The first-order chi connectivity index (χ1) is 11.5. The van der Waals surface area contributed by atoms with Crippen molar-refractivity contribution in [3.63, 3.8) is 0 Å². The molecule has 5 nitrogen and oxygen atoms in total. The van der Waals surface area contributed by atoms with Crippen LogP contribution in [0.1, 0.15) is 42.3 Å². The summed E-state index contributed by atoms with van der Waals surface area (Å²) in [5, 5.41) is 8.02. The van der Waals surface area contributed by atoms with Crippen LogP contribution in [0.4, 0.5) is 0 Å². The molecule has 0 unspecified atom stereocenters. The van der Waals surface area contributed by atoms with Crippen molar-refractivity contribution < 1.29 is 0 Å². The van der Waals surface area contributed by atoms with E-state index < -0.39 is 0 Å². The van der Waals surface area contributed by atoms with E-state index >= 15 is 0 Å². The number of guanidine groups is 1. The highest BCUT2D eigenvalue weighted by Crippen LogP contribution is 2.17. The van der Waals surface area contributed by atoms with Gasteiger partial charge in [0.15, 0.2) is 5.96 Å². The molecule has 6 heteroatoms. The second-order valence-electron chi connectivity index (χ2n) is 6.60. The highest BCUT2D eigenvalue weighted by atomic mass is 32.1. The fraction of sp³-hybridized carbons (Fsp3) is 0.667. The number of aliphatic imine (C=N–C) groups is 1. The van der Waals surface area contributed by atoms with Gasteiger partial charge in [0.05, 0.1) is 12.2 Å². The number of nitrogens with one attached hydrogen (secondary N) is 2. The van der Waals surface area contributed by atoms with Crippen LogP contribution in [-0.2, 0) is 6.54 Å². The van der Waals surface area contributed by atoms with Crippen molar-refractivity contribution in [2.75, 3.05) is 26.2 Å². The summed E-state index contributed by atoms with van der Waals surface area (Å²) in [5.74, 6) is 0.904. The predicted octanol–water partition coefficient (Wildman–Crippen LogP) is 2.86. The van der Waals surface area contributed by atoms with E-state index in [1.54, 1.807) is 11.3 Å². The largest absolute Gasteiger partial charge is 0.357 e. The Morgan fingerprint density at radius 3 is 2.62 bits per heavy atom. The molecule has 0 saturated carbocycles. The fourth-order valence-electron chi connectivity index (χ4n) is 2.88. The molecule has 0 aliphatic carbocycles. The first kappa shape index (κ1) is 18.9. The van der Waals surface area contributed by atoms with Gasteiger partial charge < -0.3 is 10.6 Å². The number of rotatable bonds is 6. The zero-order valence-corrected chi connectivity index (χ0v) is 16.3. The number of aryl methyl sites for hydroxylation is 2. The van der Waals surface area contributed by atoms with E-state index in [0.29, 0.717) is 12.6 Å². The van der Waals surface area contributed by atoms with Crippen LogP contribution < -0.4 is 10.6 Å². The maximum absolute atomic E-state index is 4.71. The lowest BCUT2D eigenvalue weighted by molar-refractivity contribution is 0.221. The third kappa shape index (κ3) is 5.91. The maximum atomic E-state index is 4.71. The summed E-state index contributed by atoms with van der Waals surface area (Å²) in [6, 6.07) is 0.490. The summed E-state index contributed by atoms with van der Waals surface area (Å²) < 4.78 is 0. The highest BCUT2D eigenvalue weighted by molar-refractivity contribution is 7.11. The molecule has 134 valence electrons. The topological polar surface area (TPSA) is 52.5 Å². The Labute approximate surface area is 150 Å². The predicted molar refractivity (Wildman–Crippen MR) is 104 cm³/mol. The lowest BCUT2D eigenvalue weighted by Gasteiger charge is -2.33. The van der Waals surface area contributed by atoms with E-state index in [1.807, 2.05) is 0 Å². The number of nitrogens with zero attached hydrogens (tertiary/aromatic N) is 3. The standard InChI is InChI=1S/C18H31N5S/c1-6-19-18(20-11-17-21-14(4)15(5)24-17)22-16-7-9-23(10-8-16)12-13(2)3/h16H,2,6-12H2,1,3-5H3,(H2,19,20,22). The van der Waals surface area contributed by atoms with Crippen LogP contribution in [0.2, 0.25) is 0 Å². The van der Waals surface area contributed by atoms with Gasteiger partial charge in [0.2, 0.25) is 0 Å². The van der Waals surface area contributed by atoms with E-state index in [4.69, 9.17) is 4.99 Å². The molecule has 2 N–H and O–H groups in total. The average Bonchev–Trinajstić information content (AvgIpc) is 2.85. The molecule has 2 rings (SSSR count). The first-order valence-corrected chi connectivity index (χ1v) is 9.64. The molecule has 0 atom stereocenters. The zero-order chi connectivity index (χ0) is 17.5. The number of piperidine rings is 1. The number of hydrogen-bond acceptors (Lipinski definition) is 4. The van der Waals surface area contributed by atoms with E-state index in [0.717, 1.165) is 55.7 Å². The van der Waals surface area contributed by atoms with E-state index in [1.165, 1.54) is 10.5 Å². The molecular formula is C18H31N5S. The van der Waals surface area contributed by atoms with Crippen molar-refractivity contribution in [1.82, 2.24) is 20.5 Å². The van der Waals surface area contributed by atoms with Gasteiger partial charge >= 0.3 is 0 Å². The molecule has 0 amide bonds. The van der Waals surface area contributed by atoms with Gasteiger partial charge in [-0.05, 0) is 40.5 Å². The molecular weight excluding hydrogens is 318 g/mol. The van der Waals surface area contributed by atoms with Crippen molar-refractivity contribution >= 4 is 17.3 Å². The smallest absolute Gasteiger partial charge is 0.191 e. The molecule has 0 spiro atoms. The quantitative estimate of drug-likeness (QED) is 0.471. The summed E-state index contributed by atoms with van der Waals surface area (Å²) in [7, 11) is 0. The molecule has 1 fully saturated rings. The lowest BCUT2D eigenvalue weighted by atomic mass is 10.0. The van der Waals surface area contributed by atoms with Crippen LogP contribution in [0.3, 0.4) is 0 Å². The summed E-state index contributed by atoms with van der Waals surface area (Å²) in [5.41, 5.74) is 2.36. The first-order valence-electron chi connectivity index (χ1n) is 8.82. The minimum atomic E-state index is 0.490. The van der Waals surface area contributed by atoms with E-state index in [9.17, 15) is 0 Å². The SMILES string of the molecule is C=C(C)CN1CCC(NC(=NCc2nc(C)c(C)s2)NCC)CC1. The van der Waals surface area contributed by atoms with Crippen molar-refractivity contribution in [2.45, 2.75) is 53.1 Å². The molecule has 0 aromatic carbocycles. The molecule has 1 aromatic heterocycles. The lowest BCUT2D eigenvalue weighted by Crippen LogP contribution is -2.48. The molecule has 1 aromatic rings. The van der Waals surface area contributed by atoms with Crippen LogP contribution in [0.5, 0.6) is 0 Å². The minimum absolute atomic E-state index is 0.490. The third-order valence-electron chi connectivity index (χ3n) is 4.21. The van der Waals surface area contributed by atoms with Crippen LogP contribution in [0.15, 0.2) is 17.1 Å². The Morgan fingerprint density at radius 1 is 1.38 bits per heavy atom. The van der Waals surface area contributed by atoms with Crippen LogP contribution in [0.25, 0.3) is 0 Å². The average molecular weight is 350 g/mol. The molecule has 0 radical (unpaired) electrons. The number of hydrogen-bond donors (Lipinski definition) is 2. The third-order valence-corrected chi connectivity index (χ3v) is 5.27. The van der Waals surface area contributed by atoms with E-state index in [2.05, 4.69) is 54.8 Å². The van der Waals surface area contributed by atoms with Gasteiger partial charge in [-0.15, -0.1) is 11.3 Å². The second-order valence-corrected chi connectivity index (χ2v) is 7.88. The Kier molecular flexibility index (Phi) is 7.24. The molecule has 1 aliphatic heterocycles.